The van der Waals surface area contributed by atoms with Crippen molar-refractivity contribution in [1.29, 1.82) is 0 Å². The third-order valence-corrected chi connectivity index (χ3v) is 5.29. The summed E-state index contributed by atoms with van der Waals surface area (Å²) >= 11 is 0. The minimum absolute atomic E-state index is 0.0851. The number of ether oxygens (including phenoxy) is 1. The number of carbonyl (C=O) groups excluding carboxylic acids is 3. The second-order valence-electron chi connectivity index (χ2n) is 8.18. The summed E-state index contributed by atoms with van der Waals surface area (Å²) in [5, 5.41) is 2.86. The topological polar surface area (TPSA) is 79.0 Å². The van der Waals surface area contributed by atoms with Crippen molar-refractivity contribution in [2.24, 2.45) is 0 Å². The van der Waals surface area contributed by atoms with E-state index >= 15 is 0 Å². The lowest BCUT2D eigenvalue weighted by molar-refractivity contribution is -0.137. The molecule has 0 radical (unpaired) electrons. The molecular formula is C22H29N3O4. The van der Waals surface area contributed by atoms with Crippen molar-refractivity contribution in [1.82, 2.24) is 15.1 Å². The van der Waals surface area contributed by atoms with Crippen LogP contribution in [-0.2, 0) is 9.59 Å². The maximum Gasteiger partial charge on any atom is 0.325 e. The van der Waals surface area contributed by atoms with Gasteiger partial charge < -0.3 is 15.0 Å². The molecule has 7 heteroatoms. The summed E-state index contributed by atoms with van der Waals surface area (Å²) in [5.41, 5.74) is 0.0143. The van der Waals surface area contributed by atoms with Gasteiger partial charge in [-0.25, -0.2) is 4.79 Å². The summed E-state index contributed by atoms with van der Waals surface area (Å²) in [7, 11) is 0. The molecule has 2 fully saturated rings. The number of urea groups is 1. The van der Waals surface area contributed by atoms with Gasteiger partial charge in [0.25, 0.3) is 5.91 Å². The summed E-state index contributed by atoms with van der Waals surface area (Å²) in [5.74, 6) is 0.481. The minimum atomic E-state index is -0.871. The van der Waals surface area contributed by atoms with Crippen LogP contribution in [0.15, 0.2) is 30.3 Å². The van der Waals surface area contributed by atoms with E-state index in [-0.39, 0.29) is 30.0 Å². The molecule has 1 aromatic rings. The van der Waals surface area contributed by atoms with E-state index in [4.69, 9.17) is 4.74 Å². The molecule has 0 atom stereocenters. The van der Waals surface area contributed by atoms with E-state index in [1.165, 1.54) is 4.90 Å². The first-order chi connectivity index (χ1) is 13.7. The molecule has 29 heavy (non-hydrogen) atoms. The van der Waals surface area contributed by atoms with E-state index in [1.54, 1.807) is 17.1 Å². The van der Waals surface area contributed by atoms with Crippen molar-refractivity contribution in [3.05, 3.63) is 35.9 Å². The molecule has 2 heterocycles. The fourth-order valence-corrected chi connectivity index (χ4v) is 3.79. The number of hydrogen-bond acceptors (Lipinski definition) is 4. The summed E-state index contributed by atoms with van der Waals surface area (Å²) < 4.78 is 5.68. The third kappa shape index (κ3) is 4.44. The average Bonchev–Trinajstić information content (AvgIpc) is 2.90. The second-order valence-corrected chi connectivity index (χ2v) is 8.18. The largest absolute Gasteiger partial charge is 0.491 e. The van der Waals surface area contributed by atoms with Crippen LogP contribution in [0.25, 0.3) is 6.08 Å². The Morgan fingerprint density at radius 3 is 2.45 bits per heavy atom. The number of rotatable bonds is 5. The maximum atomic E-state index is 12.7. The zero-order valence-electron chi connectivity index (χ0n) is 17.5. The van der Waals surface area contributed by atoms with Crippen molar-refractivity contribution in [2.45, 2.75) is 58.2 Å². The monoisotopic (exact) mass is 399 g/mol. The number of amides is 4. The van der Waals surface area contributed by atoms with Crippen LogP contribution < -0.4 is 10.1 Å². The van der Waals surface area contributed by atoms with Gasteiger partial charge in [-0.1, -0.05) is 12.1 Å². The predicted molar refractivity (Wildman–Crippen MR) is 110 cm³/mol. The van der Waals surface area contributed by atoms with Crippen LogP contribution in [0.5, 0.6) is 5.75 Å². The van der Waals surface area contributed by atoms with Crippen molar-refractivity contribution in [3.63, 3.8) is 0 Å². The Hall–Kier alpha value is -2.83. The van der Waals surface area contributed by atoms with Gasteiger partial charge in [-0.05, 0) is 64.3 Å². The molecule has 1 spiro atoms. The van der Waals surface area contributed by atoms with Crippen LogP contribution >= 0.6 is 0 Å². The molecule has 4 amide bonds. The average molecular weight is 399 g/mol. The molecular weight excluding hydrogens is 370 g/mol. The highest BCUT2D eigenvalue weighted by atomic mass is 16.5. The van der Waals surface area contributed by atoms with Gasteiger partial charge in [0, 0.05) is 25.2 Å². The van der Waals surface area contributed by atoms with Gasteiger partial charge in [0.2, 0.25) is 5.91 Å². The smallest absolute Gasteiger partial charge is 0.325 e. The summed E-state index contributed by atoms with van der Waals surface area (Å²) in [6, 6.07) is 7.06. The van der Waals surface area contributed by atoms with Crippen LogP contribution in [0.1, 0.15) is 46.1 Å². The van der Waals surface area contributed by atoms with Crippen LogP contribution in [0.2, 0.25) is 0 Å². The normalized spacial score (nSPS) is 19.0. The number of carbonyl (C=O) groups is 3. The first-order valence-electron chi connectivity index (χ1n) is 10.1. The van der Waals surface area contributed by atoms with Crippen LogP contribution in [0.4, 0.5) is 4.79 Å². The lowest BCUT2D eigenvalue weighted by atomic mass is 9.87. The first-order valence-corrected chi connectivity index (χ1v) is 10.1. The lowest BCUT2D eigenvalue weighted by Crippen LogP contribution is -2.55. The van der Waals surface area contributed by atoms with E-state index in [1.807, 2.05) is 52.0 Å². The van der Waals surface area contributed by atoms with Crippen LogP contribution in [-0.4, -0.2) is 58.4 Å². The highest BCUT2D eigenvalue weighted by Crippen LogP contribution is 2.30. The number of nitrogens with one attached hydrogen (secondary N) is 1. The molecule has 0 saturated carbocycles. The van der Waals surface area contributed by atoms with Crippen molar-refractivity contribution >= 4 is 23.9 Å². The Balaban J connectivity index is 1.60. The lowest BCUT2D eigenvalue weighted by Gasteiger charge is -2.37. The number of likely N-dealkylation sites (tertiary alicyclic amines) is 1. The van der Waals surface area contributed by atoms with Crippen molar-refractivity contribution in [3.8, 4) is 5.75 Å². The molecule has 2 saturated heterocycles. The molecule has 2 aliphatic rings. The SMILES string of the molecule is CC(C)Oc1cccc(/C=C/C(=O)N2CCC3(CC2)NC(=O)N(C(C)C)C3=O)c1. The van der Waals surface area contributed by atoms with Gasteiger partial charge in [0.05, 0.1) is 6.10 Å². The quantitative estimate of drug-likeness (QED) is 0.610. The number of benzene rings is 1. The number of piperidine rings is 1. The zero-order chi connectivity index (χ0) is 21.2. The molecule has 7 nitrogen and oxygen atoms in total. The van der Waals surface area contributed by atoms with E-state index < -0.39 is 5.54 Å². The summed E-state index contributed by atoms with van der Waals surface area (Å²) in [6.45, 7) is 8.43. The Morgan fingerprint density at radius 2 is 1.86 bits per heavy atom. The van der Waals surface area contributed by atoms with Crippen molar-refractivity contribution < 1.29 is 19.1 Å². The fourth-order valence-electron chi connectivity index (χ4n) is 3.79. The van der Waals surface area contributed by atoms with Crippen molar-refractivity contribution in [2.75, 3.05) is 13.1 Å². The van der Waals surface area contributed by atoms with Gasteiger partial charge in [-0.3, -0.25) is 14.5 Å². The molecule has 1 aromatic carbocycles. The Bertz CT molecular complexity index is 823. The molecule has 156 valence electrons. The number of hydrogen-bond donors (Lipinski definition) is 1. The van der Waals surface area contributed by atoms with E-state index in [9.17, 15) is 14.4 Å². The minimum Gasteiger partial charge on any atom is -0.491 e. The van der Waals surface area contributed by atoms with Gasteiger partial charge in [0.1, 0.15) is 11.3 Å². The van der Waals surface area contributed by atoms with Gasteiger partial charge >= 0.3 is 6.03 Å². The van der Waals surface area contributed by atoms with Gasteiger partial charge in [-0.15, -0.1) is 0 Å². The van der Waals surface area contributed by atoms with Gasteiger partial charge in [-0.2, -0.15) is 0 Å². The molecule has 1 N–H and O–H groups in total. The standard InChI is InChI=1S/C22H29N3O4/c1-15(2)25-20(27)22(23-21(25)28)10-12-24(13-11-22)19(26)9-8-17-6-5-7-18(14-17)29-16(3)4/h5-9,14-16H,10-13H2,1-4H3,(H,23,28)/b9-8+. The van der Waals surface area contributed by atoms with E-state index in [0.717, 1.165) is 11.3 Å². The fraction of sp³-hybridized carbons (Fsp3) is 0.500. The van der Waals surface area contributed by atoms with E-state index in [0.29, 0.717) is 25.9 Å². The summed E-state index contributed by atoms with van der Waals surface area (Å²) in [6.07, 6.45) is 4.25. The second kappa shape index (κ2) is 8.27. The molecule has 0 bridgehead atoms. The highest BCUT2D eigenvalue weighted by molar-refractivity contribution is 6.07. The molecule has 2 aliphatic heterocycles. The maximum absolute atomic E-state index is 12.7. The number of nitrogens with zero attached hydrogens (tertiary/aromatic N) is 2. The Morgan fingerprint density at radius 1 is 1.17 bits per heavy atom. The van der Waals surface area contributed by atoms with Gasteiger partial charge in [0.15, 0.2) is 0 Å². The Kier molecular flexibility index (Phi) is 5.96. The summed E-state index contributed by atoms with van der Waals surface area (Å²) in [4.78, 5) is 40.5. The zero-order valence-corrected chi connectivity index (χ0v) is 17.5. The van der Waals surface area contributed by atoms with Crippen LogP contribution in [0, 0.1) is 0 Å². The number of imide groups is 1. The van der Waals surface area contributed by atoms with E-state index in [2.05, 4.69) is 5.32 Å². The molecule has 3 rings (SSSR count). The highest BCUT2D eigenvalue weighted by Gasteiger charge is 2.53. The molecule has 0 aliphatic carbocycles. The molecule has 0 aromatic heterocycles. The predicted octanol–water partition coefficient (Wildman–Crippen LogP) is 2.81. The van der Waals surface area contributed by atoms with Crippen LogP contribution in [0.3, 0.4) is 0 Å². The molecule has 0 unspecified atom stereocenters. The first kappa shape index (κ1) is 20.9. The Labute approximate surface area is 171 Å². The third-order valence-electron chi connectivity index (χ3n) is 5.29.